The molecule has 0 saturated carbocycles. The van der Waals surface area contributed by atoms with Crippen molar-refractivity contribution in [3.8, 4) is 0 Å². The first-order valence-corrected chi connectivity index (χ1v) is 5.37. The van der Waals surface area contributed by atoms with Crippen LogP contribution in [0.15, 0.2) is 0 Å². The molecule has 0 aromatic heterocycles. The van der Waals surface area contributed by atoms with Crippen molar-refractivity contribution in [2.24, 2.45) is 5.73 Å². The summed E-state index contributed by atoms with van der Waals surface area (Å²) in [5, 5.41) is 2.76. The first-order chi connectivity index (χ1) is 7.78. The van der Waals surface area contributed by atoms with Gasteiger partial charge in [-0.25, -0.2) is 4.79 Å². The number of likely N-dealkylation sites (N-methyl/N-ethyl adjacent to an activating group) is 1. The maximum Gasteiger partial charge on any atom is 0.327 e. The normalized spacial score (nSPS) is 19.0. The molecular weight excluding hydrogens is 224 g/mol. The maximum absolute atomic E-state index is 11.9. The fraction of sp³-hybridized carbons (Fsp3) is 0.700. The van der Waals surface area contributed by atoms with Crippen LogP contribution in [0.1, 0.15) is 13.8 Å². The number of urea groups is 1. The van der Waals surface area contributed by atoms with Crippen molar-refractivity contribution in [3.05, 3.63) is 0 Å². The van der Waals surface area contributed by atoms with E-state index in [1.54, 1.807) is 20.9 Å². The summed E-state index contributed by atoms with van der Waals surface area (Å²) in [4.78, 5) is 36.8. The first kappa shape index (κ1) is 13.4. The van der Waals surface area contributed by atoms with Crippen molar-refractivity contribution in [2.45, 2.75) is 19.4 Å². The molecule has 0 unspecified atom stereocenters. The van der Waals surface area contributed by atoms with Crippen molar-refractivity contribution < 1.29 is 14.4 Å². The van der Waals surface area contributed by atoms with E-state index in [0.29, 0.717) is 6.54 Å². The van der Waals surface area contributed by atoms with Gasteiger partial charge >= 0.3 is 6.03 Å². The van der Waals surface area contributed by atoms with Gasteiger partial charge in [0.25, 0.3) is 5.91 Å². The molecule has 0 aliphatic carbocycles. The molecular formula is C10H18N4O3. The number of amides is 4. The zero-order valence-corrected chi connectivity index (χ0v) is 10.3. The molecule has 0 aromatic carbocycles. The third-order valence-electron chi connectivity index (χ3n) is 2.94. The number of primary amides is 1. The molecule has 7 heteroatoms. The summed E-state index contributed by atoms with van der Waals surface area (Å²) >= 11 is 0. The summed E-state index contributed by atoms with van der Waals surface area (Å²) in [6.07, 6.45) is 0. The molecule has 0 aromatic rings. The van der Waals surface area contributed by atoms with Crippen LogP contribution in [0.5, 0.6) is 0 Å². The van der Waals surface area contributed by atoms with Gasteiger partial charge in [0.2, 0.25) is 5.91 Å². The molecule has 96 valence electrons. The molecule has 0 spiro atoms. The molecule has 1 fully saturated rings. The number of hydrogen-bond donors (Lipinski definition) is 2. The van der Waals surface area contributed by atoms with Crippen molar-refractivity contribution in [1.29, 1.82) is 0 Å². The second-order valence-corrected chi connectivity index (χ2v) is 4.50. The van der Waals surface area contributed by atoms with Crippen molar-refractivity contribution in [3.63, 3.8) is 0 Å². The molecule has 1 heterocycles. The Morgan fingerprint density at radius 3 is 2.41 bits per heavy atom. The number of nitrogens with two attached hydrogens (primary N) is 1. The first-order valence-electron chi connectivity index (χ1n) is 5.37. The third kappa shape index (κ3) is 2.55. The number of carbonyl (C=O) groups is 3. The Balaban J connectivity index is 2.52. The van der Waals surface area contributed by atoms with E-state index in [1.165, 1.54) is 9.80 Å². The van der Waals surface area contributed by atoms with Crippen molar-refractivity contribution in [1.82, 2.24) is 15.1 Å². The topological polar surface area (TPSA) is 95.7 Å². The fourth-order valence-corrected chi connectivity index (χ4v) is 1.58. The van der Waals surface area contributed by atoms with Gasteiger partial charge in [-0.05, 0) is 13.8 Å². The molecule has 1 aliphatic heterocycles. The second kappa shape index (κ2) is 4.70. The van der Waals surface area contributed by atoms with Gasteiger partial charge < -0.3 is 16.0 Å². The van der Waals surface area contributed by atoms with Crippen LogP contribution in [0, 0.1) is 0 Å². The molecule has 1 rings (SSSR count). The lowest BCUT2D eigenvalue weighted by atomic mass is 10.1. The van der Waals surface area contributed by atoms with E-state index in [-0.39, 0.29) is 25.0 Å². The van der Waals surface area contributed by atoms with Crippen LogP contribution in [0.3, 0.4) is 0 Å². The van der Waals surface area contributed by atoms with Crippen LogP contribution < -0.4 is 11.1 Å². The van der Waals surface area contributed by atoms with E-state index in [0.717, 1.165) is 0 Å². The zero-order valence-electron chi connectivity index (χ0n) is 10.3. The molecule has 3 N–H and O–H groups in total. The van der Waals surface area contributed by atoms with Gasteiger partial charge in [0, 0.05) is 20.1 Å². The Bertz CT molecular complexity index is 353. The molecule has 17 heavy (non-hydrogen) atoms. The Kier molecular flexibility index (Phi) is 3.72. The van der Waals surface area contributed by atoms with Crippen LogP contribution >= 0.6 is 0 Å². The maximum atomic E-state index is 11.9. The lowest BCUT2D eigenvalue weighted by Gasteiger charge is -2.22. The number of nitrogens with zero attached hydrogens (tertiary/aromatic N) is 2. The summed E-state index contributed by atoms with van der Waals surface area (Å²) in [7, 11) is 1.59. The summed E-state index contributed by atoms with van der Waals surface area (Å²) in [5.41, 5.74) is 4.14. The molecule has 7 nitrogen and oxygen atoms in total. The molecule has 0 atom stereocenters. The highest BCUT2D eigenvalue weighted by atomic mass is 16.2. The van der Waals surface area contributed by atoms with Crippen LogP contribution in [0.2, 0.25) is 0 Å². The van der Waals surface area contributed by atoms with Gasteiger partial charge in [-0.1, -0.05) is 0 Å². The molecule has 4 amide bonds. The largest absolute Gasteiger partial charge is 0.369 e. The van der Waals surface area contributed by atoms with Gasteiger partial charge in [0.15, 0.2) is 0 Å². The minimum Gasteiger partial charge on any atom is -0.369 e. The summed E-state index contributed by atoms with van der Waals surface area (Å²) in [6, 6.07) is -0.319. The van der Waals surface area contributed by atoms with E-state index in [2.05, 4.69) is 5.32 Å². The molecule has 1 aliphatic rings. The molecule has 1 saturated heterocycles. The predicted octanol–water partition coefficient (Wildman–Crippen LogP) is -1.27. The van der Waals surface area contributed by atoms with E-state index >= 15 is 0 Å². The lowest BCUT2D eigenvalue weighted by molar-refractivity contribution is -0.131. The van der Waals surface area contributed by atoms with E-state index < -0.39 is 11.4 Å². The summed E-state index contributed by atoms with van der Waals surface area (Å²) in [5.74, 6) is -0.701. The van der Waals surface area contributed by atoms with Crippen LogP contribution in [-0.2, 0) is 9.59 Å². The predicted molar refractivity (Wildman–Crippen MR) is 61.0 cm³/mol. The second-order valence-electron chi connectivity index (χ2n) is 4.50. The Hall–Kier alpha value is -1.63. The number of rotatable bonds is 5. The SMILES string of the molecule is CN1C(=O)N(CCNCC(N)=O)C(=O)C1(C)C. The molecule has 0 bridgehead atoms. The van der Waals surface area contributed by atoms with Crippen molar-refractivity contribution >= 4 is 17.8 Å². The van der Waals surface area contributed by atoms with Gasteiger partial charge in [0.05, 0.1) is 6.54 Å². The van der Waals surface area contributed by atoms with Crippen molar-refractivity contribution in [2.75, 3.05) is 26.7 Å². The van der Waals surface area contributed by atoms with E-state index in [1.807, 2.05) is 0 Å². The Morgan fingerprint density at radius 1 is 1.41 bits per heavy atom. The third-order valence-corrected chi connectivity index (χ3v) is 2.94. The highest BCUT2D eigenvalue weighted by Crippen LogP contribution is 2.24. The monoisotopic (exact) mass is 242 g/mol. The van der Waals surface area contributed by atoms with Gasteiger partial charge in [-0.2, -0.15) is 0 Å². The average molecular weight is 242 g/mol. The number of nitrogens with one attached hydrogen (secondary N) is 1. The minimum absolute atomic E-state index is 0.0372. The average Bonchev–Trinajstić information content (AvgIpc) is 2.38. The van der Waals surface area contributed by atoms with Crippen LogP contribution in [0.25, 0.3) is 0 Å². The van der Waals surface area contributed by atoms with E-state index in [4.69, 9.17) is 5.73 Å². The summed E-state index contributed by atoms with van der Waals surface area (Å²) < 4.78 is 0. The van der Waals surface area contributed by atoms with Gasteiger partial charge in [-0.3, -0.25) is 14.5 Å². The van der Waals surface area contributed by atoms with Crippen LogP contribution in [-0.4, -0.2) is 59.9 Å². The van der Waals surface area contributed by atoms with E-state index in [9.17, 15) is 14.4 Å². The number of carbonyl (C=O) groups excluding carboxylic acids is 3. The smallest absolute Gasteiger partial charge is 0.327 e. The highest BCUT2D eigenvalue weighted by Gasteiger charge is 2.48. The quantitative estimate of drug-likeness (QED) is 0.464. The standard InChI is InChI=1S/C10H18N4O3/c1-10(2)8(16)14(9(17)13(10)3)5-4-12-6-7(11)15/h12H,4-6H2,1-3H3,(H2,11,15). The number of hydrogen-bond acceptors (Lipinski definition) is 4. The van der Waals surface area contributed by atoms with Gasteiger partial charge in [-0.15, -0.1) is 0 Å². The molecule has 0 radical (unpaired) electrons. The number of imide groups is 1. The Labute approximate surface area is 99.9 Å². The minimum atomic E-state index is -0.805. The highest BCUT2D eigenvalue weighted by molar-refractivity contribution is 6.06. The zero-order chi connectivity index (χ0) is 13.2. The Morgan fingerprint density at radius 2 is 2.00 bits per heavy atom. The lowest BCUT2D eigenvalue weighted by Crippen LogP contribution is -2.42. The fourth-order valence-electron chi connectivity index (χ4n) is 1.58. The van der Waals surface area contributed by atoms with Gasteiger partial charge in [0.1, 0.15) is 5.54 Å². The summed E-state index contributed by atoms with van der Waals surface area (Å²) in [6.45, 7) is 4.02. The van der Waals surface area contributed by atoms with Crippen LogP contribution in [0.4, 0.5) is 4.79 Å².